The summed E-state index contributed by atoms with van der Waals surface area (Å²) in [7, 11) is -8.77. The molecule has 0 aliphatic carbocycles. The van der Waals surface area contributed by atoms with Gasteiger partial charge < -0.3 is 4.18 Å². The first-order chi connectivity index (χ1) is 19.6. The van der Waals surface area contributed by atoms with Crippen LogP contribution < -0.4 is 4.18 Å². The highest BCUT2D eigenvalue weighted by molar-refractivity contribution is 8.18. The summed E-state index contributed by atoms with van der Waals surface area (Å²) in [5.74, 6) is -0.171. The number of hydrogen-bond acceptors (Lipinski definition) is 9. The lowest BCUT2D eigenvalue weighted by molar-refractivity contribution is 0.341. The van der Waals surface area contributed by atoms with Crippen molar-refractivity contribution < 1.29 is 25.3 Å². The van der Waals surface area contributed by atoms with Crippen molar-refractivity contribution in [1.29, 1.82) is 5.26 Å². The third-order valence-electron chi connectivity index (χ3n) is 6.20. The van der Waals surface area contributed by atoms with Gasteiger partial charge in [-0.05, 0) is 66.8 Å². The Balaban J connectivity index is 1.46. The number of hydrogen-bond donors (Lipinski definition) is 0. The van der Waals surface area contributed by atoms with Gasteiger partial charge in [0.25, 0.3) is 0 Å². The first kappa shape index (κ1) is 28.2. The van der Waals surface area contributed by atoms with Gasteiger partial charge in [-0.1, -0.05) is 83.1 Å². The molecule has 206 valence electrons. The molecule has 0 saturated heterocycles. The van der Waals surface area contributed by atoms with E-state index in [1.807, 2.05) is 38.1 Å². The van der Waals surface area contributed by atoms with E-state index in [2.05, 4.69) is 11.2 Å². The number of benzene rings is 4. The van der Waals surface area contributed by atoms with E-state index < -0.39 is 20.2 Å². The van der Waals surface area contributed by atoms with Crippen LogP contribution in [0, 0.1) is 25.2 Å². The first-order valence-corrected chi connectivity index (χ1v) is 15.8. The van der Waals surface area contributed by atoms with E-state index in [1.165, 1.54) is 30.3 Å². The van der Waals surface area contributed by atoms with Crippen LogP contribution in [-0.2, 0) is 24.5 Å². The number of nitrogens with zero attached hydrogens (tertiary/aromatic N) is 2. The molecule has 11 heteroatoms. The van der Waals surface area contributed by atoms with Crippen LogP contribution in [0.4, 0.5) is 0 Å². The molecule has 0 bridgehead atoms. The van der Waals surface area contributed by atoms with Crippen LogP contribution >= 0.6 is 11.8 Å². The fourth-order valence-electron chi connectivity index (χ4n) is 4.16. The van der Waals surface area contributed by atoms with Gasteiger partial charge in [0.15, 0.2) is 5.75 Å². The van der Waals surface area contributed by atoms with Crippen molar-refractivity contribution in [3.63, 3.8) is 0 Å². The van der Waals surface area contributed by atoms with Crippen molar-refractivity contribution >= 4 is 53.4 Å². The van der Waals surface area contributed by atoms with E-state index in [4.69, 9.17) is 8.47 Å². The van der Waals surface area contributed by atoms with Gasteiger partial charge in [0.05, 0.1) is 5.57 Å². The van der Waals surface area contributed by atoms with Gasteiger partial charge in [-0.15, -0.1) is 0 Å². The van der Waals surface area contributed by atoms with E-state index in [0.29, 0.717) is 15.9 Å². The standard InChI is InChI=1S/C30H22N2O6S3/c1-20-13-15-23(16-14-20)40(33,34)37-26-11-5-8-22-9-6-12-28(30(22)26)41(35,36)38-32-29-18-17-27(39-29)25(19-31)24-10-4-3-7-21(24)2/h3-18H,1-2H3. The number of thioether (sulfide) groups is 1. The SMILES string of the molecule is Cc1ccc(S(=O)(=O)Oc2cccc3cccc(S(=O)(=O)ON=C4C=CC(=C(C#N)c5ccccc5C)S4)c23)cc1. The van der Waals surface area contributed by atoms with Crippen molar-refractivity contribution in [2.24, 2.45) is 5.16 Å². The Hall–Kier alpha value is -4.37. The molecule has 0 unspecified atom stereocenters. The summed E-state index contributed by atoms with van der Waals surface area (Å²) in [5.41, 5.74) is 3.00. The van der Waals surface area contributed by atoms with Crippen LogP contribution in [0.3, 0.4) is 0 Å². The lowest BCUT2D eigenvalue weighted by atomic mass is 10.0. The molecule has 1 heterocycles. The Morgan fingerprint density at radius 2 is 1.54 bits per heavy atom. The van der Waals surface area contributed by atoms with Gasteiger partial charge in [-0.25, -0.2) is 0 Å². The zero-order valence-electron chi connectivity index (χ0n) is 21.8. The Bertz CT molecular complexity index is 2020. The monoisotopic (exact) mass is 602 g/mol. The molecule has 4 aromatic carbocycles. The minimum absolute atomic E-state index is 0.0346. The quantitative estimate of drug-likeness (QED) is 0.134. The molecule has 0 saturated carbocycles. The van der Waals surface area contributed by atoms with Gasteiger partial charge in [-0.2, -0.15) is 22.1 Å². The summed E-state index contributed by atoms with van der Waals surface area (Å²) in [6.45, 7) is 3.72. The second-order valence-corrected chi connectivity index (χ2v) is 13.1. The van der Waals surface area contributed by atoms with Crippen molar-refractivity contribution in [1.82, 2.24) is 0 Å². The van der Waals surface area contributed by atoms with Crippen LogP contribution in [0.15, 0.2) is 117 Å². The summed E-state index contributed by atoms with van der Waals surface area (Å²) < 4.78 is 63.1. The average Bonchev–Trinajstić information content (AvgIpc) is 3.42. The molecule has 4 aromatic rings. The molecule has 0 atom stereocenters. The number of oxime groups is 1. The van der Waals surface area contributed by atoms with Crippen molar-refractivity contribution in [3.05, 3.63) is 119 Å². The van der Waals surface area contributed by atoms with Crippen molar-refractivity contribution in [2.45, 2.75) is 23.6 Å². The third kappa shape index (κ3) is 5.90. The molecule has 1 aliphatic heterocycles. The number of allylic oxidation sites excluding steroid dienone is 2. The van der Waals surface area contributed by atoms with E-state index in [9.17, 15) is 22.1 Å². The smallest absolute Gasteiger partial charge is 0.359 e. The van der Waals surface area contributed by atoms with E-state index in [-0.39, 0.29) is 26.0 Å². The third-order valence-corrected chi connectivity index (χ3v) is 9.57. The van der Waals surface area contributed by atoms with Crippen LogP contribution in [0.1, 0.15) is 16.7 Å². The molecule has 0 radical (unpaired) electrons. The van der Waals surface area contributed by atoms with E-state index in [0.717, 1.165) is 28.5 Å². The lowest BCUT2D eigenvalue weighted by Crippen LogP contribution is -2.11. The Morgan fingerprint density at radius 3 is 2.24 bits per heavy atom. The summed E-state index contributed by atoms with van der Waals surface area (Å²) >= 11 is 1.10. The Morgan fingerprint density at radius 1 is 0.829 bits per heavy atom. The predicted molar refractivity (Wildman–Crippen MR) is 159 cm³/mol. The maximum Gasteiger partial charge on any atom is 0.359 e. The predicted octanol–water partition coefficient (Wildman–Crippen LogP) is 6.48. The summed E-state index contributed by atoms with van der Waals surface area (Å²) in [5, 5.41) is 14.3. The van der Waals surface area contributed by atoms with Gasteiger partial charge in [0, 0.05) is 10.3 Å². The Kier molecular flexibility index (Phi) is 7.73. The second kappa shape index (κ2) is 11.2. The summed E-state index contributed by atoms with van der Waals surface area (Å²) in [6.07, 6.45) is 3.22. The molecule has 1 aliphatic rings. The lowest BCUT2D eigenvalue weighted by Gasteiger charge is -2.12. The van der Waals surface area contributed by atoms with E-state index >= 15 is 0 Å². The highest BCUT2D eigenvalue weighted by Crippen LogP contribution is 2.37. The maximum atomic E-state index is 13.3. The molecule has 0 aromatic heterocycles. The molecule has 41 heavy (non-hydrogen) atoms. The molecule has 5 rings (SSSR count). The minimum Gasteiger partial charge on any atom is -0.378 e. The van der Waals surface area contributed by atoms with Crippen molar-refractivity contribution in [3.8, 4) is 11.8 Å². The van der Waals surface area contributed by atoms with Crippen LogP contribution in [0.5, 0.6) is 5.75 Å². The Labute approximate surface area is 242 Å². The fraction of sp³-hybridized carbons (Fsp3) is 0.0667. The van der Waals surface area contributed by atoms with Gasteiger partial charge in [-0.3, -0.25) is 4.28 Å². The molecule has 0 N–H and O–H groups in total. The summed E-state index contributed by atoms with van der Waals surface area (Å²) in [6, 6.07) is 24.8. The van der Waals surface area contributed by atoms with Crippen LogP contribution in [0.2, 0.25) is 0 Å². The fourth-order valence-corrected chi connectivity index (χ4v) is 6.95. The molecule has 0 amide bonds. The largest absolute Gasteiger partial charge is 0.378 e. The number of nitriles is 1. The first-order valence-electron chi connectivity index (χ1n) is 12.2. The average molecular weight is 603 g/mol. The van der Waals surface area contributed by atoms with Crippen molar-refractivity contribution in [2.75, 3.05) is 0 Å². The zero-order chi connectivity index (χ0) is 29.2. The van der Waals surface area contributed by atoms with E-state index in [1.54, 1.807) is 42.5 Å². The number of aryl methyl sites for hydroxylation is 2. The second-order valence-electron chi connectivity index (χ2n) is 9.02. The normalized spacial score (nSPS) is 15.6. The maximum absolute atomic E-state index is 13.3. The molecule has 8 nitrogen and oxygen atoms in total. The summed E-state index contributed by atoms with van der Waals surface area (Å²) in [4.78, 5) is 0.220. The van der Waals surface area contributed by atoms with Gasteiger partial charge in [0.2, 0.25) is 0 Å². The van der Waals surface area contributed by atoms with Gasteiger partial charge in [0.1, 0.15) is 20.9 Å². The van der Waals surface area contributed by atoms with Crippen LogP contribution in [-0.4, -0.2) is 21.9 Å². The van der Waals surface area contributed by atoms with Crippen LogP contribution in [0.25, 0.3) is 16.3 Å². The number of fused-ring (bicyclic) bond motifs is 1. The minimum atomic E-state index is -4.52. The highest BCUT2D eigenvalue weighted by atomic mass is 32.2. The molecule has 0 spiro atoms. The zero-order valence-corrected chi connectivity index (χ0v) is 24.3. The van der Waals surface area contributed by atoms with Gasteiger partial charge >= 0.3 is 20.2 Å². The molecular weight excluding hydrogens is 581 g/mol. The molecule has 0 fully saturated rings. The molecular formula is C30H22N2O6S3. The highest BCUT2D eigenvalue weighted by Gasteiger charge is 2.26. The number of rotatable bonds is 7. The topological polar surface area (TPSA) is 123 Å².